The molecule has 0 spiro atoms. The third kappa shape index (κ3) is 92.8. The Balaban J connectivity index is -0.0000000315. The van der Waals surface area contributed by atoms with Crippen molar-refractivity contribution in [3.8, 4) is 0 Å². The number of carboxylic acids is 2. The van der Waals surface area contributed by atoms with Gasteiger partial charge in [0.15, 0.2) is 0 Å². The number of carbonyl (C=O) groups is 2. The van der Waals surface area contributed by atoms with E-state index in [1.54, 1.807) is 13.8 Å². The molecule has 9 heteroatoms. The van der Waals surface area contributed by atoms with Crippen LogP contribution in [-0.4, -0.2) is 25.0 Å². The van der Waals surface area contributed by atoms with Crippen LogP contribution in [0.5, 0.6) is 0 Å². The Morgan fingerprint density at radius 1 is 0.842 bits per heavy atom. The summed E-state index contributed by atoms with van der Waals surface area (Å²) in [6, 6.07) is 0. The van der Waals surface area contributed by atoms with Gasteiger partial charge in [0.05, 0.1) is 0 Å². The maximum Gasteiger partial charge on any atom is 4.00 e. The maximum atomic E-state index is 9.49. The monoisotopic (exact) mass is 499 g/mol. The van der Waals surface area contributed by atoms with Crippen LogP contribution in [0.1, 0.15) is 39.5 Å². The maximum absolute atomic E-state index is 9.49. The van der Waals surface area contributed by atoms with Crippen molar-refractivity contribution in [3.05, 3.63) is 0 Å². The molecule has 0 aromatic rings. The van der Waals surface area contributed by atoms with Gasteiger partial charge in [0, 0.05) is 25.0 Å². The van der Waals surface area contributed by atoms with E-state index in [0.29, 0.717) is 25.9 Å². The van der Waals surface area contributed by atoms with Crippen LogP contribution in [0.25, 0.3) is 0 Å². The first-order valence-electron chi connectivity index (χ1n) is 5.25. The van der Waals surface area contributed by atoms with Crippen LogP contribution in [0, 0.1) is 0 Å². The fourth-order valence-corrected chi connectivity index (χ4v) is 0.408. The van der Waals surface area contributed by atoms with Crippen LogP contribution in [0.15, 0.2) is 0 Å². The van der Waals surface area contributed by atoms with Crippen LogP contribution < -0.4 is 46.5 Å². The van der Waals surface area contributed by atoms with Gasteiger partial charge in [0.1, 0.15) is 0 Å². The normalized spacial score (nSPS) is 6.74. The van der Waals surface area contributed by atoms with Gasteiger partial charge in [0.2, 0.25) is 0 Å². The molecule has 0 unspecified atom stereocenters. The van der Waals surface area contributed by atoms with E-state index < -0.39 is 11.9 Å². The summed E-state index contributed by atoms with van der Waals surface area (Å²) in [5, 5.41) is 19.0. The van der Waals surface area contributed by atoms with Gasteiger partial charge in [-0.3, -0.25) is 0 Å². The van der Waals surface area contributed by atoms with Crippen molar-refractivity contribution in [2.24, 2.45) is 11.5 Å². The zero-order valence-corrected chi connectivity index (χ0v) is 14.9. The second kappa shape index (κ2) is 36.2. The summed E-state index contributed by atoms with van der Waals surface area (Å²) >= 11 is 0. The molecule has 0 saturated carbocycles. The van der Waals surface area contributed by atoms with Gasteiger partial charge in [-0.1, -0.05) is 26.7 Å². The van der Waals surface area contributed by atoms with E-state index in [4.69, 9.17) is 11.5 Å². The van der Waals surface area contributed by atoms with E-state index in [1.807, 2.05) is 0 Å². The second-order valence-corrected chi connectivity index (χ2v) is 2.82. The van der Waals surface area contributed by atoms with Crippen LogP contribution >= 0.6 is 0 Å². The first-order valence-corrected chi connectivity index (χ1v) is 5.25. The molecule has 4 N–H and O–H groups in total. The Bertz CT molecular complexity index is 160. The van der Waals surface area contributed by atoms with Gasteiger partial charge in [-0.05, 0) is 12.8 Å². The molecule has 0 saturated heterocycles. The van der Waals surface area contributed by atoms with Crippen LogP contribution in [-0.2, 0) is 30.7 Å². The summed E-state index contributed by atoms with van der Waals surface area (Å²) in [5.41, 5.74) is 9.81. The molecule has 0 aromatic heterocycles. The van der Waals surface area contributed by atoms with Crippen molar-refractivity contribution < 1.29 is 65.7 Å². The minimum absolute atomic E-state index is 0. The molecule has 0 atom stereocenters. The average Bonchev–Trinajstić information content (AvgIpc) is 2.18. The predicted octanol–water partition coefficient (Wildman–Crippen LogP) is -8.02. The van der Waals surface area contributed by atoms with Crippen LogP contribution in [0.2, 0.25) is 0 Å². The van der Waals surface area contributed by atoms with Gasteiger partial charge in [-0.2, -0.15) is 0 Å². The van der Waals surface area contributed by atoms with E-state index >= 15 is 0 Å². The topological polar surface area (TPSA) is 132 Å². The third-order valence-electron chi connectivity index (χ3n) is 1.07. The Morgan fingerprint density at radius 3 is 1.05 bits per heavy atom. The Hall–Kier alpha value is 0.128. The van der Waals surface area contributed by atoms with Gasteiger partial charge in [-0.15, -0.1) is 0 Å². The van der Waals surface area contributed by atoms with Crippen molar-refractivity contribution in [3.63, 3.8) is 0 Å². The van der Waals surface area contributed by atoms with Crippen LogP contribution in [0.4, 0.5) is 0 Å². The van der Waals surface area contributed by atoms with Crippen molar-refractivity contribution >= 4 is 11.9 Å². The second-order valence-electron chi connectivity index (χ2n) is 2.82. The summed E-state index contributed by atoms with van der Waals surface area (Å²) in [5.74, 6) is -1.92. The van der Waals surface area contributed by atoms with E-state index in [-0.39, 0.29) is 58.7 Å². The number of hydrogen-bond donors (Lipinski definition) is 2. The summed E-state index contributed by atoms with van der Waals surface area (Å²) in [6.07, 6.45) is 1.70. The zero-order chi connectivity index (χ0) is 13.4. The number of carboxylic acid groups (broad SMARTS) is 2. The molecule has 0 heterocycles. The molecule has 0 aliphatic rings. The Labute approximate surface area is 141 Å². The molecule has 0 radical (unpaired) electrons. The molecule has 0 bridgehead atoms. The first-order chi connectivity index (χ1) is 7.45. The van der Waals surface area contributed by atoms with E-state index in [9.17, 15) is 19.8 Å². The quantitative estimate of drug-likeness (QED) is 0.386. The van der Waals surface area contributed by atoms with Crippen molar-refractivity contribution in [1.29, 1.82) is 0 Å². The summed E-state index contributed by atoms with van der Waals surface area (Å²) in [7, 11) is 0. The Morgan fingerprint density at radius 2 is 1.05 bits per heavy atom. The number of hydrogen-bond acceptors (Lipinski definition) is 6. The minimum atomic E-state index is -0.961. The SMILES string of the molecule is CCCC(=O)[O-].CCCC(=O)[O-].NCCN.[Cl-].[Cl-].[Pt+4]. The van der Waals surface area contributed by atoms with Gasteiger partial charge in [0.25, 0.3) is 0 Å². The molecule has 6 nitrogen and oxygen atoms in total. The molecule has 0 fully saturated rings. The molecule has 0 aromatic carbocycles. The van der Waals surface area contributed by atoms with Gasteiger partial charge >= 0.3 is 21.1 Å². The van der Waals surface area contributed by atoms with Gasteiger partial charge in [-0.25, -0.2) is 0 Å². The summed E-state index contributed by atoms with van der Waals surface area (Å²) in [6.45, 7) is 4.80. The van der Waals surface area contributed by atoms with Gasteiger partial charge < -0.3 is 56.1 Å². The number of carbonyl (C=O) groups excluding carboxylic acids is 2. The summed E-state index contributed by atoms with van der Waals surface area (Å²) in [4.78, 5) is 19.0. The van der Waals surface area contributed by atoms with E-state index in [2.05, 4.69) is 0 Å². The molecule has 19 heavy (non-hydrogen) atoms. The molecular weight excluding hydrogens is 478 g/mol. The van der Waals surface area contributed by atoms with Crippen molar-refractivity contribution in [2.45, 2.75) is 39.5 Å². The van der Waals surface area contributed by atoms with E-state index in [1.165, 1.54) is 0 Å². The fourth-order valence-electron chi connectivity index (χ4n) is 0.408. The van der Waals surface area contributed by atoms with Crippen molar-refractivity contribution in [2.75, 3.05) is 13.1 Å². The average molecular weight is 500 g/mol. The van der Waals surface area contributed by atoms with E-state index in [0.717, 1.165) is 0 Å². The molecule has 0 aliphatic heterocycles. The standard InChI is InChI=1S/2C4H8O2.C2H8N2.2ClH.Pt/c2*1-2-3-4(5)6;3-1-2-4;;;/h2*2-3H2,1H3,(H,5,6);1-4H2;2*1H;/q;;;;;+4/p-4. The molecule has 0 aliphatic carbocycles. The molecule has 120 valence electrons. The van der Waals surface area contributed by atoms with Crippen LogP contribution in [0.3, 0.4) is 0 Å². The Kier molecular flexibility index (Phi) is 69.4. The number of aliphatic carboxylic acids is 2. The first kappa shape index (κ1) is 36.5. The predicted molar refractivity (Wildman–Crippen MR) is 57.9 cm³/mol. The number of halogens is 2. The number of nitrogens with two attached hydrogens (primary N) is 2. The third-order valence-corrected chi connectivity index (χ3v) is 1.07. The molecule has 0 amide bonds. The molecule has 0 rings (SSSR count). The largest absolute Gasteiger partial charge is 4.00 e. The molecular formula is C10H22Cl2N2O4Pt. The fraction of sp³-hybridized carbons (Fsp3) is 0.800. The minimum Gasteiger partial charge on any atom is -1.00 e. The summed E-state index contributed by atoms with van der Waals surface area (Å²) < 4.78 is 0. The van der Waals surface area contributed by atoms with Crippen molar-refractivity contribution in [1.82, 2.24) is 0 Å². The smallest absolute Gasteiger partial charge is 1.00 e. The number of rotatable bonds is 5. The zero-order valence-electron chi connectivity index (χ0n) is 11.1.